The minimum atomic E-state index is -0.587. The van der Waals surface area contributed by atoms with Crippen molar-refractivity contribution < 1.29 is 14.3 Å². The first-order valence-corrected chi connectivity index (χ1v) is 13.4. The molecule has 4 rings (SSSR count). The number of nitrogens with zero attached hydrogens (tertiary/aromatic N) is 1. The van der Waals surface area contributed by atoms with Crippen LogP contribution in [0.2, 0.25) is 5.02 Å². The lowest BCUT2D eigenvalue weighted by Crippen LogP contribution is -2.32. The third-order valence-electron chi connectivity index (χ3n) is 6.04. The number of aliphatic imine (C=N–C) groups is 1. The summed E-state index contributed by atoms with van der Waals surface area (Å²) in [4.78, 5) is 30.9. The summed E-state index contributed by atoms with van der Waals surface area (Å²) in [5.74, 6) is 0.386. The van der Waals surface area contributed by atoms with Gasteiger partial charge in [0.05, 0.1) is 18.4 Å². The first kappa shape index (κ1) is 27.3. The molecule has 0 fully saturated rings. The number of nitrogens with one attached hydrogen (secondary N) is 3. The number of halogens is 1. The van der Waals surface area contributed by atoms with Crippen molar-refractivity contribution in [2.75, 3.05) is 23.5 Å². The van der Waals surface area contributed by atoms with E-state index in [0.29, 0.717) is 38.6 Å². The Morgan fingerprint density at radius 3 is 2.42 bits per heavy atom. The lowest BCUT2D eigenvalue weighted by atomic mass is 9.94. The summed E-state index contributed by atoms with van der Waals surface area (Å²) in [7, 11) is 1.61. The Morgan fingerprint density at radius 2 is 1.71 bits per heavy atom. The van der Waals surface area contributed by atoms with E-state index in [-0.39, 0.29) is 17.6 Å². The zero-order chi connectivity index (χ0) is 27.2. The minimum absolute atomic E-state index is 0.125. The molecule has 0 aliphatic carbocycles. The summed E-state index contributed by atoms with van der Waals surface area (Å²) in [5.41, 5.74) is 5.19. The summed E-state index contributed by atoms with van der Waals surface area (Å²) >= 11 is 7.44. The molecule has 3 aromatic rings. The van der Waals surface area contributed by atoms with Gasteiger partial charge in [-0.05, 0) is 67.8 Å². The third kappa shape index (κ3) is 6.57. The zero-order valence-corrected chi connectivity index (χ0v) is 23.2. The van der Waals surface area contributed by atoms with Crippen molar-refractivity contribution in [3.05, 3.63) is 99.7 Å². The highest BCUT2D eigenvalue weighted by atomic mass is 35.5. The van der Waals surface area contributed by atoms with Crippen molar-refractivity contribution in [3.63, 3.8) is 0 Å². The maximum atomic E-state index is 13.4. The van der Waals surface area contributed by atoms with Crippen LogP contribution < -0.4 is 20.7 Å². The summed E-state index contributed by atoms with van der Waals surface area (Å²) in [5, 5.41) is 10.2. The van der Waals surface area contributed by atoms with E-state index < -0.39 is 6.04 Å². The van der Waals surface area contributed by atoms with E-state index in [1.54, 1.807) is 13.2 Å². The predicted molar refractivity (Wildman–Crippen MR) is 156 cm³/mol. The number of carbonyl (C=O) groups is 2. The van der Waals surface area contributed by atoms with Crippen LogP contribution in [-0.2, 0) is 9.59 Å². The van der Waals surface area contributed by atoms with Crippen LogP contribution in [0.15, 0.2) is 83.0 Å². The van der Waals surface area contributed by atoms with Crippen LogP contribution in [-0.4, -0.2) is 29.8 Å². The molecule has 38 heavy (non-hydrogen) atoms. The number of aryl methyl sites for hydroxylation is 2. The molecule has 1 aliphatic rings. The Bertz CT molecular complexity index is 1420. The van der Waals surface area contributed by atoms with E-state index in [4.69, 9.17) is 21.3 Å². The van der Waals surface area contributed by atoms with E-state index in [2.05, 4.69) is 16.0 Å². The van der Waals surface area contributed by atoms with Crippen molar-refractivity contribution in [1.82, 2.24) is 5.32 Å². The predicted octanol–water partition coefficient (Wildman–Crippen LogP) is 6.25. The Hall–Kier alpha value is -3.75. The fourth-order valence-corrected chi connectivity index (χ4v) is 4.91. The van der Waals surface area contributed by atoms with Crippen molar-refractivity contribution >= 4 is 51.7 Å². The molecule has 0 unspecified atom stereocenters. The number of allylic oxidation sites excluding steroid dienone is 1. The molecule has 0 spiro atoms. The molecule has 1 aliphatic heterocycles. The lowest BCUT2D eigenvalue weighted by molar-refractivity contribution is -0.114. The number of ether oxygens (including phenoxy) is 1. The van der Waals surface area contributed by atoms with E-state index in [1.807, 2.05) is 81.4 Å². The van der Waals surface area contributed by atoms with Crippen molar-refractivity contribution in [2.45, 2.75) is 26.8 Å². The molecule has 3 N–H and O–H groups in total. The maximum absolute atomic E-state index is 13.4. The first-order valence-electron chi connectivity index (χ1n) is 12.0. The van der Waals surface area contributed by atoms with Gasteiger partial charge in [-0.2, -0.15) is 0 Å². The van der Waals surface area contributed by atoms with Crippen molar-refractivity contribution in [3.8, 4) is 5.75 Å². The third-order valence-corrected chi connectivity index (χ3v) is 7.33. The van der Waals surface area contributed by atoms with Gasteiger partial charge < -0.3 is 20.7 Å². The standard InChI is InChI=1S/C29H29ClN4O3S/c1-17-11-13-22(15-23(17)30)32-25(35)16-38-29-31-19(3)26(28(36)33-21-8-6-5-7-9-21)27(34-29)20-12-10-18(2)24(14-20)37-4/h5-15,27H,16H2,1-4H3,(H,31,34)(H,32,35)(H,33,36)/t27-/m0/s1. The molecule has 0 saturated heterocycles. The molecule has 196 valence electrons. The molecule has 0 saturated carbocycles. The number of benzene rings is 3. The van der Waals surface area contributed by atoms with Gasteiger partial charge in [-0.25, -0.2) is 4.99 Å². The number of anilines is 2. The number of hydrogen-bond donors (Lipinski definition) is 3. The van der Waals surface area contributed by atoms with E-state index >= 15 is 0 Å². The quantitative estimate of drug-likeness (QED) is 0.324. The van der Waals surface area contributed by atoms with Gasteiger partial charge in [0.25, 0.3) is 5.91 Å². The number of thioether (sulfide) groups is 1. The number of rotatable bonds is 7. The molecule has 1 atom stereocenters. The molecule has 0 radical (unpaired) electrons. The maximum Gasteiger partial charge on any atom is 0.255 e. The molecule has 9 heteroatoms. The second-order valence-electron chi connectivity index (χ2n) is 8.85. The van der Waals surface area contributed by atoms with Crippen LogP contribution in [0, 0.1) is 13.8 Å². The smallest absolute Gasteiger partial charge is 0.255 e. The number of amides is 2. The van der Waals surface area contributed by atoms with Gasteiger partial charge in [-0.3, -0.25) is 9.59 Å². The van der Waals surface area contributed by atoms with Crippen molar-refractivity contribution in [2.24, 2.45) is 4.99 Å². The number of carbonyl (C=O) groups excluding carboxylic acids is 2. The second-order valence-corrected chi connectivity index (χ2v) is 10.2. The Balaban J connectivity index is 1.56. The Morgan fingerprint density at radius 1 is 0.974 bits per heavy atom. The number of amidine groups is 1. The molecule has 7 nitrogen and oxygen atoms in total. The van der Waals surface area contributed by atoms with Gasteiger partial charge >= 0.3 is 0 Å². The number of hydrogen-bond acceptors (Lipinski definition) is 6. The molecule has 0 aromatic heterocycles. The largest absolute Gasteiger partial charge is 0.496 e. The van der Waals surface area contributed by atoms with Gasteiger partial charge in [-0.15, -0.1) is 0 Å². The normalized spacial score (nSPS) is 14.9. The van der Waals surface area contributed by atoms with Gasteiger partial charge in [0.15, 0.2) is 5.17 Å². The molecule has 1 heterocycles. The van der Waals surface area contributed by atoms with E-state index in [9.17, 15) is 9.59 Å². The topological polar surface area (TPSA) is 91.8 Å². The van der Waals surface area contributed by atoms with E-state index in [0.717, 1.165) is 16.7 Å². The molecule has 3 aromatic carbocycles. The van der Waals surface area contributed by atoms with Crippen LogP contribution in [0.25, 0.3) is 0 Å². The van der Waals surface area contributed by atoms with Crippen LogP contribution in [0.3, 0.4) is 0 Å². The highest BCUT2D eigenvalue weighted by Crippen LogP contribution is 2.35. The molecular weight excluding hydrogens is 520 g/mol. The first-order chi connectivity index (χ1) is 18.2. The summed E-state index contributed by atoms with van der Waals surface area (Å²) < 4.78 is 5.52. The highest BCUT2D eigenvalue weighted by Gasteiger charge is 2.30. The van der Waals surface area contributed by atoms with Crippen LogP contribution in [0.1, 0.15) is 29.7 Å². The van der Waals surface area contributed by atoms with Gasteiger partial charge in [0.1, 0.15) is 11.8 Å². The van der Waals surface area contributed by atoms with E-state index in [1.165, 1.54) is 11.8 Å². The average molecular weight is 549 g/mol. The second kappa shape index (κ2) is 12.2. The van der Waals surface area contributed by atoms with Crippen LogP contribution in [0.5, 0.6) is 5.75 Å². The molecular formula is C29H29ClN4O3S. The van der Waals surface area contributed by atoms with Gasteiger partial charge in [0, 0.05) is 22.1 Å². The Kier molecular flexibility index (Phi) is 8.76. The van der Waals surface area contributed by atoms with Gasteiger partial charge in [-0.1, -0.05) is 59.8 Å². The zero-order valence-electron chi connectivity index (χ0n) is 21.6. The average Bonchev–Trinajstić information content (AvgIpc) is 2.90. The fraction of sp³-hybridized carbons (Fsp3) is 0.207. The summed E-state index contributed by atoms with van der Waals surface area (Å²) in [6.07, 6.45) is 0. The van der Waals surface area contributed by atoms with Crippen LogP contribution in [0.4, 0.5) is 11.4 Å². The Labute approximate surface area is 231 Å². The summed E-state index contributed by atoms with van der Waals surface area (Å²) in [6.45, 7) is 5.70. The molecule has 2 amide bonds. The SMILES string of the molecule is COc1cc([C@@H]2N=C(SCC(=O)Nc3ccc(C)c(Cl)c3)NC(C)=C2C(=O)Nc2ccccc2)ccc1C. The van der Waals surface area contributed by atoms with Gasteiger partial charge in [0.2, 0.25) is 5.91 Å². The molecule has 0 bridgehead atoms. The summed E-state index contributed by atoms with van der Waals surface area (Å²) in [6, 6.07) is 19.9. The minimum Gasteiger partial charge on any atom is -0.496 e. The number of methoxy groups -OCH3 is 1. The lowest BCUT2D eigenvalue weighted by Gasteiger charge is -2.27. The number of para-hydroxylation sites is 1. The van der Waals surface area contributed by atoms with Crippen molar-refractivity contribution in [1.29, 1.82) is 0 Å². The monoisotopic (exact) mass is 548 g/mol. The fourth-order valence-electron chi connectivity index (χ4n) is 3.98. The highest BCUT2D eigenvalue weighted by molar-refractivity contribution is 8.14. The van der Waals surface area contributed by atoms with Crippen LogP contribution >= 0.6 is 23.4 Å².